The minimum absolute atomic E-state index is 0.181. The van der Waals surface area contributed by atoms with Crippen LogP contribution in [0.4, 0.5) is 4.39 Å². The van der Waals surface area contributed by atoms with Crippen LogP contribution >= 0.6 is 15.9 Å². The topological polar surface area (TPSA) is 12.0 Å². The molecule has 0 spiro atoms. The lowest BCUT2D eigenvalue weighted by Gasteiger charge is -2.20. The van der Waals surface area contributed by atoms with E-state index in [1.54, 1.807) is 12.1 Å². The lowest BCUT2D eigenvalue weighted by molar-refractivity contribution is 0.518. The van der Waals surface area contributed by atoms with E-state index in [4.69, 9.17) is 0 Å². The van der Waals surface area contributed by atoms with E-state index in [1.807, 2.05) is 0 Å². The molecule has 0 radical (unpaired) electrons. The van der Waals surface area contributed by atoms with E-state index in [1.165, 1.54) is 17.2 Å². The van der Waals surface area contributed by atoms with Crippen LogP contribution in [0, 0.1) is 12.7 Å². The molecule has 0 aliphatic rings. The fourth-order valence-corrected chi connectivity index (χ4v) is 2.98. The quantitative estimate of drug-likeness (QED) is 0.799. The van der Waals surface area contributed by atoms with Crippen molar-refractivity contribution in [3.63, 3.8) is 0 Å². The van der Waals surface area contributed by atoms with Crippen LogP contribution in [0.25, 0.3) is 0 Å². The van der Waals surface area contributed by atoms with E-state index in [2.05, 4.69) is 59.4 Å². The van der Waals surface area contributed by atoms with Crippen molar-refractivity contribution in [3.05, 3.63) is 69.4 Å². The molecule has 1 nitrogen and oxygen atoms in total. The summed E-state index contributed by atoms with van der Waals surface area (Å²) in [5.74, 6) is -0.181. The van der Waals surface area contributed by atoms with Crippen molar-refractivity contribution in [1.29, 1.82) is 0 Å². The summed E-state index contributed by atoms with van der Waals surface area (Å²) in [5, 5.41) is 3.51. The first-order chi connectivity index (χ1) is 10.1. The van der Waals surface area contributed by atoms with Gasteiger partial charge >= 0.3 is 0 Å². The monoisotopic (exact) mass is 349 g/mol. The highest BCUT2D eigenvalue weighted by atomic mass is 79.9. The Morgan fingerprint density at radius 3 is 2.52 bits per heavy atom. The standard InChI is InChI=1S/C18H21BrFN/c1-3-21-17(11-14-7-5-4-6-13(14)2)12-15-10-16(20)8-9-18(15)19/h4-10,17,21H,3,11-12H2,1-2H3. The zero-order valence-corrected chi connectivity index (χ0v) is 14.1. The Morgan fingerprint density at radius 2 is 1.81 bits per heavy atom. The molecule has 0 saturated heterocycles. The van der Waals surface area contributed by atoms with Gasteiger partial charge in [0.05, 0.1) is 0 Å². The summed E-state index contributed by atoms with van der Waals surface area (Å²) in [4.78, 5) is 0. The van der Waals surface area contributed by atoms with Gasteiger partial charge in [-0.3, -0.25) is 0 Å². The molecule has 0 bridgehead atoms. The first-order valence-corrected chi connectivity index (χ1v) is 8.11. The average Bonchev–Trinajstić information content (AvgIpc) is 2.45. The Morgan fingerprint density at radius 1 is 1.10 bits per heavy atom. The molecule has 2 rings (SSSR count). The van der Waals surface area contributed by atoms with E-state index >= 15 is 0 Å². The molecular formula is C18H21BrFN. The zero-order valence-electron chi connectivity index (χ0n) is 12.5. The Balaban J connectivity index is 2.16. The summed E-state index contributed by atoms with van der Waals surface area (Å²) in [5.41, 5.74) is 3.66. The number of hydrogen-bond donors (Lipinski definition) is 1. The second-order valence-corrected chi connectivity index (χ2v) is 6.18. The molecule has 0 saturated carbocycles. The second-order valence-electron chi connectivity index (χ2n) is 5.33. The van der Waals surface area contributed by atoms with Gasteiger partial charge in [0, 0.05) is 10.5 Å². The molecule has 0 aliphatic heterocycles. The molecule has 1 N–H and O–H groups in total. The van der Waals surface area contributed by atoms with Crippen LogP contribution in [-0.2, 0) is 12.8 Å². The maximum absolute atomic E-state index is 13.4. The number of benzene rings is 2. The summed E-state index contributed by atoms with van der Waals surface area (Å²) >= 11 is 3.52. The SMILES string of the molecule is CCNC(Cc1ccccc1C)Cc1cc(F)ccc1Br. The van der Waals surface area contributed by atoms with Crippen molar-refractivity contribution in [1.82, 2.24) is 5.32 Å². The molecule has 0 amide bonds. The average molecular weight is 350 g/mol. The Labute approximate surface area is 134 Å². The van der Waals surface area contributed by atoms with Crippen LogP contribution in [0.1, 0.15) is 23.6 Å². The number of nitrogens with one attached hydrogen (secondary N) is 1. The number of halogens is 2. The maximum Gasteiger partial charge on any atom is 0.123 e. The third kappa shape index (κ3) is 4.65. The minimum atomic E-state index is -0.181. The Hall–Kier alpha value is -1.19. The van der Waals surface area contributed by atoms with Crippen LogP contribution in [-0.4, -0.2) is 12.6 Å². The summed E-state index contributed by atoms with van der Waals surface area (Å²) in [6.45, 7) is 5.14. The summed E-state index contributed by atoms with van der Waals surface area (Å²) in [6.07, 6.45) is 1.75. The molecule has 112 valence electrons. The first-order valence-electron chi connectivity index (χ1n) is 7.32. The van der Waals surface area contributed by atoms with E-state index in [-0.39, 0.29) is 5.82 Å². The van der Waals surface area contributed by atoms with Gasteiger partial charge in [0.2, 0.25) is 0 Å². The summed E-state index contributed by atoms with van der Waals surface area (Å²) in [6, 6.07) is 13.6. The summed E-state index contributed by atoms with van der Waals surface area (Å²) < 4.78 is 14.4. The normalized spacial score (nSPS) is 12.4. The smallest absolute Gasteiger partial charge is 0.123 e. The van der Waals surface area contributed by atoms with Crippen molar-refractivity contribution in [2.75, 3.05) is 6.54 Å². The van der Waals surface area contributed by atoms with Crippen LogP contribution in [0.5, 0.6) is 0 Å². The second kappa shape index (κ2) is 7.71. The van der Waals surface area contributed by atoms with Crippen molar-refractivity contribution in [2.45, 2.75) is 32.7 Å². The Kier molecular flexibility index (Phi) is 5.95. The fraction of sp³-hybridized carbons (Fsp3) is 0.333. The zero-order chi connectivity index (χ0) is 15.2. The number of rotatable bonds is 6. The number of likely N-dealkylation sites (N-methyl/N-ethyl adjacent to an activating group) is 1. The third-order valence-corrected chi connectivity index (χ3v) is 4.47. The molecule has 1 atom stereocenters. The van der Waals surface area contributed by atoms with Gasteiger partial charge in [-0.25, -0.2) is 4.39 Å². The molecule has 2 aromatic rings. The van der Waals surface area contributed by atoms with Crippen molar-refractivity contribution in [3.8, 4) is 0 Å². The van der Waals surface area contributed by atoms with Gasteiger partial charge < -0.3 is 5.32 Å². The molecular weight excluding hydrogens is 329 g/mol. The predicted octanol–water partition coefficient (Wildman–Crippen LogP) is 4.66. The van der Waals surface area contributed by atoms with Crippen LogP contribution in [0.2, 0.25) is 0 Å². The third-order valence-electron chi connectivity index (χ3n) is 3.69. The van der Waals surface area contributed by atoms with Gasteiger partial charge in [0.1, 0.15) is 5.82 Å². The van der Waals surface area contributed by atoms with Crippen LogP contribution < -0.4 is 5.32 Å². The minimum Gasteiger partial charge on any atom is -0.314 e. The number of hydrogen-bond acceptors (Lipinski definition) is 1. The van der Waals surface area contributed by atoms with Crippen molar-refractivity contribution < 1.29 is 4.39 Å². The fourth-order valence-electron chi connectivity index (χ4n) is 2.57. The van der Waals surface area contributed by atoms with Gasteiger partial charge in [-0.1, -0.05) is 47.1 Å². The molecule has 2 aromatic carbocycles. The molecule has 0 fully saturated rings. The highest BCUT2D eigenvalue weighted by Gasteiger charge is 2.13. The van der Waals surface area contributed by atoms with E-state index in [0.717, 1.165) is 29.4 Å². The molecule has 21 heavy (non-hydrogen) atoms. The largest absolute Gasteiger partial charge is 0.314 e. The molecule has 0 aliphatic carbocycles. The van der Waals surface area contributed by atoms with Gasteiger partial charge in [-0.15, -0.1) is 0 Å². The van der Waals surface area contributed by atoms with Gasteiger partial charge in [0.25, 0.3) is 0 Å². The first kappa shape index (κ1) is 16.2. The molecule has 1 unspecified atom stereocenters. The van der Waals surface area contributed by atoms with Gasteiger partial charge in [-0.2, -0.15) is 0 Å². The maximum atomic E-state index is 13.4. The van der Waals surface area contributed by atoms with Crippen molar-refractivity contribution in [2.24, 2.45) is 0 Å². The van der Waals surface area contributed by atoms with Crippen molar-refractivity contribution >= 4 is 15.9 Å². The highest BCUT2D eigenvalue weighted by molar-refractivity contribution is 9.10. The highest BCUT2D eigenvalue weighted by Crippen LogP contribution is 2.21. The lowest BCUT2D eigenvalue weighted by Crippen LogP contribution is -2.33. The lowest BCUT2D eigenvalue weighted by atomic mass is 9.96. The van der Waals surface area contributed by atoms with E-state index in [0.29, 0.717) is 6.04 Å². The van der Waals surface area contributed by atoms with Gasteiger partial charge in [-0.05, 0) is 61.2 Å². The van der Waals surface area contributed by atoms with E-state index < -0.39 is 0 Å². The van der Waals surface area contributed by atoms with Gasteiger partial charge in [0.15, 0.2) is 0 Å². The molecule has 0 aromatic heterocycles. The molecule has 0 heterocycles. The summed E-state index contributed by atoms with van der Waals surface area (Å²) in [7, 11) is 0. The Bertz CT molecular complexity index is 598. The van der Waals surface area contributed by atoms with Crippen LogP contribution in [0.15, 0.2) is 46.9 Å². The van der Waals surface area contributed by atoms with E-state index in [9.17, 15) is 4.39 Å². The predicted molar refractivity (Wildman–Crippen MR) is 90.2 cm³/mol. The molecule has 3 heteroatoms. The van der Waals surface area contributed by atoms with Crippen LogP contribution in [0.3, 0.4) is 0 Å². The number of aryl methyl sites for hydroxylation is 1.